The molecule has 2 aromatic carbocycles. The molecule has 0 aliphatic heterocycles. The van der Waals surface area contributed by atoms with Gasteiger partial charge in [0.15, 0.2) is 0 Å². The van der Waals surface area contributed by atoms with Crippen LogP contribution in [-0.2, 0) is 6.42 Å². The average Bonchev–Trinajstić information content (AvgIpc) is 2.43. The minimum Gasteiger partial charge on any atom is -0.388 e. The Morgan fingerprint density at radius 3 is 2.58 bits per heavy atom. The van der Waals surface area contributed by atoms with E-state index in [2.05, 4.69) is 6.07 Å². The second-order valence-electron chi connectivity index (χ2n) is 4.96. The summed E-state index contributed by atoms with van der Waals surface area (Å²) in [5.74, 6) is 0.0877. The van der Waals surface area contributed by atoms with E-state index in [0.29, 0.717) is 10.0 Å². The van der Waals surface area contributed by atoms with Crippen molar-refractivity contribution in [3.8, 4) is 0 Å². The lowest BCUT2D eigenvalue weighted by Gasteiger charge is -2.30. The molecule has 0 fully saturated rings. The average molecular weight is 293 g/mol. The van der Waals surface area contributed by atoms with Gasteiger partial charge in [0.1, 0.15) is 0 Å². The number of aryl methyl sites for hydroxylation is 1. The predicted molar refractivity (Wildman–Crippen MR) is 78.9 cm³/mol. The minimum atomic E-state index is -0.470. The topological polar surface area (TPSA) is 20.2 Å². The van der Waals surface area contributed by atoms with Gasteiger partial charge in [-0.2, -0.15) is 0 Å². The molecule has 0 unspecified atom stereocenters. The smallest absolute Gasteiger partial charge is 0.0861 e. The van der Waals surface area contributed by atoms with E-state index in [1.807, 2.05) is 30.3 Å². The summed E-state index contributed by atoms with van der Waals surface area (Å²) < 4.78 is 0. The molecule has 0 heterocycles. The van der Waals surface area contributed by atoms with Crippen molar-refractivity contribution in [1.82, 2.24) is 0 Å². The summed E-state index contributed by atoms with van der Waals surface area (Å²) in [4.78, 5) is 0. The number of benzene rings is 2. The maximum absolute atomic E-state index is 10.6. The molecule has 0 aromatic heterocycles. The third-order valence-electron chi connectivity index (χ3n) is 3.85. The minimum absolute atomic E-state index is 0.0877. The first kappa shape index (κ1) is 13.0. The van der Waals surface area contributed by atoms with Crippen LogP contribution >= 0.6 is 23.2 Å². The standard InChI is InChI=1S/C16H14Cl2O/c17-14-8-6-11(9-15(14)18)13-7-5-10-3-1-2-4-12(10)16(13)19/h1-4,6,8-9,13,16,19H,5,7H2/t13-,16-/m0/s1. The third-order valence-corrected chi connectivity index (χ3v) is 4.59. The van der Waals surface area contributed by atoms with Crippen LogP contribution in [0, 0.1) is 0 Å². The van der Waals surface area contributed by atoms with Gasteiger partial charge in [0.05, 0.1) is 16.1 Å². The van der Waals surface area contributed by atoms with Gasteiger partial charge in [0.25, 0.3) is 0 Å². The van der Waals surface area contributed by atoms with E-state index < -0.39 is 6.10 Å². The maximum atomic E-state index is 10.6. The molecule has 0 radical (unpaired) electrons. The zero-order chi connectivity index (χ0) is 13.4. The highest BCUT2D eigenvalue weighted by atomic mass is 35.5. The summed E-state index contributed by atoms with van der Waals surface area (Å²) >= 11 is 12.0. The van der Waals surface area contributed by atoms with Gasteiger partial charge in [0, 0.05) is 5.92 Å². The van der Waals surface area contributed by atoms with Gasteiger partial charge in [-0.25, -0.2) is 0 Å². The molecule has 2 atom stereocenters. The number of hydrogen-bond donors (Lipinski definition) is 1. The van der Waals surface area contributed by atoms with Gasteiger partial charge >= 0.3 is 0 Å². The summed E-state index contributed by atoms with van der Waals surface area (Å²) in [6.07, 6.45) is 1.44. The summed E-state index contributed by atoms with van der Waals surface area (Å²) in [7, 11) is 0. The molecule has 0 bridgehead atoms. The van der Waals surface area contributed by atoms with Crippen LogP contribution in [0.25, 0.3) is 0 Å². The van der Waals surface area contributed by atoms with Crippen molar-refractivity contribution in [2.45, 2.75) is 24.9 Å². The van der Waals surface area contributed by atoms with Crippen molar-refractivity contribution in [2.24, 2.45) is 0 Å². The molecule has 1 N–H and O–H groups in total. The summed E-state index contributed by atoms with van der Waals surface area (Å²) in [5, 5.41) is 11.7. The van der Waals surface area contributed by atoms with Crippen molar-refractivity contribution >= 4 is 23.2 Å². The fourth-order valence-electron chi connectivity index (χ4n) is 2.83. The van der Waals surface area contributed by atoms with Gasteiger partial charge < -0.3 is 5.11 Å². The van der Waals surface area contributed by atoms with E-state index in [-0.39, 0.29) is 5.92 Å². The van der Waals surface area contributed by atoms with Crippen LogP contribution in [0.2, 0.25) is 10.0 Å². The number of aliphatic hydroxyl groups is 1. The van der Waals surface area contributed by atoms with Crippen LogP contribution in [0.1, 0.15) is 35.1 Å². The molecular weight excluding hydrogens is 279 g/mol. The largest absolute Gasteiger partial charge is 0.388 e. The lowest BCUT2D eigenvalue weighted by Crippen LogP contribution is -2.18. The Morgan fingerprint density at radius 2 is 1.79 bits per heavy atom. The van der Waals surface area contributed by atoms with E-state index in [9.17, 15) is 5.11 Å². The van der Waals surface area contributed by atoms with Crippen LogP contribution < -0.4 is 0 Å². The molecule has 3 heteroatoms. The molecule has 19 heavy (non-hydrogen) atoms. The molecule has 0 saturated carbocycles. The Bertz CT molecular complexity index is 609. The molecular formula is C16H14Cl2O. The molecule has 2 aromatic rings. The highest BCUT2D eigenvalue weighted by molar-refractivity contribution is 6.42. The first-order chi connectivity index (χ1) is 9.16. The van der Waals surface area contributed by atoms with E-state index in [1.54, 1.807) is 6.07 Å². The van der Waals surface area contributed by atoms with E-state index >= 15 is 0 Å². The molecule has 1 nitrogen and oxygen atoms in total. The zero-order valence-corrected chi connectivity index (χ0v) is 11.8. The summed E-state index contributed by atoms with van der Waals surface area (Å²) in [6, 6.07) is 13.7. The first-order valence-corrected chi connectivity index (χ1v) is 7.13. The fourth-order valence-corrected chi connectivity index (χ4v) is 3.13. The van der Waals surface area contributed by atoms with Crippen LogP contribution in [0.5, 0.6) is 0 Å². The number of aliphatic hydroxyl groups excluding tert-OH is 1. The van der Waals surface area contributed by atoms with Gasteiger partial charge in [-0.3, -0.25) is 0 Å². The fraction of sp³-hybridized carbons (Fsp3) is 0.250. The number of rotatable bonds is 1. The third kappa shape index (κ3) is 2.38. The summed E-state index contributed by atoms with van der Waals surface area (Å²) in [5.41, 5.74) is 3.33. The van der Waals surface area contributed by atoms with Crippen molar-refractivity contribution < 1.29 is 5.11 Å². The second-order valence-corrected chi connectivity index (χ2v) is 5.78. The van der Waals surface area contributed by atoms with E-state index in [0.717, 1.165) is 24.0 Å². The Labute approximate surface area is 122 Å². The number of hydrogen-bond acceptors (Lipinski definition) is 1. The van der Waals surface area contributed by atoms with Crippen LogP contribution in [-0.4, -0.2) is 5.11 Å². The SMILES string of the molecule is O[C@H]1c2ccccc2CC[C@H]1c1ccc(Cl)c(Cl)c1. The molecule has 1 aliphatic carbocycles. The molecule has 1 aliphatic rings. The molecule has 3 rings (SSSR count). The number of fused-ring (bicyclic) bond motifs is 1. The van der Waals surface area contributed by atoms with Crippen LogP contribution in [0.4, 0.5) is 0 Å². The van der Waals surface area contributed by atoms with Crippen LogP contribution in [0.15, 0.2) is 42.5 Å². The van der Waals surface area contributed by atoms with Gasteiger partial charge in [-0.1, -0.05) is 53.5 Å². The van der Waals surface area contributed by atoms with Crippen molar-refractivity contribution in [3.63, 3.8) is 0 Å². The lowest BCUT2D eigenvalue weighted by molar-refractivity contribution is 0.131. The lowest BCUT2D eigenvalue weighted by atomic mass is 9.78. The second kappa shape index (κ2) is 5.16. The highest BCUT2D eigenvalue weighted by Crippen LogP contribution is 2.41. The summed E-state index contributed by atoms with van der Waals surface area (Å²) in [6.45, 7) is 0. The highest BCUT2D eigenvalue weighted by Gasteiger charge is 2.28. The Kier molecular flexibility index (Phi) is 3.53. The number of halogens is 2. The van der Waals surface area contributed by atoms with Crippen LogP contribution in [0.3, 0.4) is 0 Å². The Balaban J connectivity index is 1.97. The predicted octanol–water partition coefficient (Wildman–Crippen LogP) is 4.76. The zero-order valence-electron chi connectivity index (χ0n) is 10.3. The van der Waals surface area contributed by atoms with Crippen molar-refractivity contribution in [2.75, 3.05) is 0 Å². The molecule has 0 spiro atoms. The Hall–Kier alpha value is -1.02. The maximum Gasteiger partial charge on any atom is 0.0861 e. The van der Waals surface area contributed by atoms with Crippen molar-refractivity contribution in [3.05, 3.63) is 69.2 Å². The van der Waals surface area contributed by atoms with E-state index in [1.165, 1.54) is 5.56 Å². The Morgan fingerprint density at radius 1 is 1.00 bits per heavy atom. The van der Waals surface area contributed by atoms with E-state index in [4.69, 9.17) is 23.2 Å². The monoisotopic (exact) mass is 292 g/mol. The first-order valence-electron chi connectivity index (χ1n) is 6.37. The van der Waals surface area contributed by atoms with Gasteiger partial charge in [0.2, 0.25) is 0 Å². The quantitative estimate of drug-likeness (QED) is 0.804. The normalized spacial score (nSPS) is 22.1. The van der Waals surface area contributed by atoms with Gasteiger partial charge in [-0.15, -0.1) is 0 Å². The van der Waals surface area contributed by atoms with Gasteiger partial charge in [-0.05, 0) is 41.7 Å². The van der Waals surface area contributed by atoms with Crippen molar-refractivity contribution in [1.29, 1.82) is 0 Å². The molecule has 0 saturated heterocycles. The molecule has 98 valence electrons. The molecule has 0 amide bonds.